The van der Waals surface area contributed by atoms with Gasteiger partial charge in [0.05, 0.1) is 30.1 Å². The van der Waals surface area contributed by atoms with Crippen molar-refractivity contribution in [3.8, 4) is 0 Å². The molecule has 0 unspecified atom stereocenters. The molecule has 1 aromatic carbocycles. The molecule has 158 valence electrons. The third-order valence-electron chi connectivity index (χ3n) is 3.93. The van der Waals surface area contributed by atoms with Crippen LogP contribution in [0.2, 0.25) is 0 Å². The van der Waals surface area contributed by atoms with Crippen molar-refractivity contribution in [2.45, 2.75) is 31.2 Å². The van der Waals surface area contributed by atoms with Crippen LogP contribution in [0.5, 0.6) is 0 Å². The van der Waals surface area contributed by atoms with Gasteiger partial charge in [0, 0.05) is 18.6 Å². The van der Waals surface area contributed by atoms with E-state index >= 15 is 0 Å². The summed E-state index contributed by atoms with van der Waals surface area (Å²) in [5, 5.41) is 2.71. The molecule has 1 N–H and O–H groups in total. The Kier molecular flexibility index (Phi) is 6.74. The Balaban J connectivity index is 2.25. The van der Waals surface area contributed by atoms with Crippen LogP contribution in [0.25, 0.3) is 0 Å². The van der Waals surface area contributed by atoms with Crippen molar-refractivity contribution in [1.82, 2.24) is 9.62 Å². The van der Waals surface area contributed by atoms with Gasteiger partial charge in [0.15, 0.2) is 0 Å². The summed E-state index contributed by atoms with van der Waals surface area (Å²) >= 11 is 0. The lowest BCUT2D eigenvalue weighted by Gasteiger charge is -2.27. The van der Waals surface area contributed by atoms with Gasteiger partial charge in [-0.1, -0.05) is 0 Å². The largest absolute Gasteiger partial charge is 0.379 e. The molecule has 0 saturated carbocycles. The van der Waals surface area contributed by atoms with E-state index in [9.17, 15) is 21.6 Å². The van der Waals surface area contributed by atoms with Gasteiger partial charge in [0.25, 0.3) is 0 Å². The molecule has 1 amide bonds. The molecule has 0 atom stereocenters. The smallest absolute Gasteiger partial charge is 0.243 e. The van der Waals surface area contributed by atoms with E-state index in [1.807, 2.05) is 0 Å². The highest BCUT2D eigenvalue weighted by Crippen LogP contribution is 2.23. The van der Waals surface area contributed by atoms with Crippen molar-refractivity contribution in [3.63, 3.8) is 0 Å². The number of hydrogen-bond acceptors (Lipinski definition) is 6. The maximum absolute atomic E-state index is 12.7. The SMILES string of the molecule is CC(C)(C)NC(=O)CN(c1ccc(S(=O)(=O)N2CCOCC2)cc1)S(C)(=O)=O. The van der Waals surface area contributed by atoms with E-state index in [1.165, 1.54) is 28.6 Å². The molecule has 2 rings (SSSR count). The fourth-order valence-corrected chi connectivity index (χ4v) is 4.97. The minimum atomic E-state index is -3.74. The van der Waals surface area contributed by atoms with Gasteiger partial charge in [-0.05, 0) is 45.0 Å². The van der Waals surface area contributed by atoms with Gasteiger partial charge >= 0.3 is 0 Å². The number of sulfonamides is 2. The molecule has 28 heavy (non-hydrogen) atoms. The van der Waals surface area contributed by atoms with Crippen LogP contribution in [0.4, 0.5) is 5.69 Å². The third-order valence-corrected chi connectivity index (χ3v) is 6.99. The summed E-state index contributed by atoms with van der Waals surface area (Å²) in [6.45, 7) is 6.19. The molecular formula is C17H27N3O6S2. The van der Waals surface area contributed by atoms with Crippen molar-refractivity contribution in [2.24, 2.45) is 0 Å². The van der Waals surface area contributed by atoms with Crippen molar-refractivity contribution in [2.75, 3.05) is 43.4 Å². The monoisotopic (exact) mass is 433 g/mol. The first-order valence-corrected chi connectivity index (χ1v) is 12.1. The van der Waals surface area contributed by atoms with Crippen molar-refractivity contribution >= 4 is 31.6 Å². The number of carbonyl (C=O) groups is 1. The lowest BCUT2D eigenvalue weighted by Crippen LogP contribution is -2.47. The second-order valence-corrected chi connectivity index (χ2v) is 11.4. The summed E-state index contributed by atoms with van der Waals surface area (Å²) < 4.78 is 57.1. The van der Waals surface area contributed by atoms with Gasteiger partial charge < -0.3 is 10.1 Å². The van der Waals surface area contributed by atoms with E-state index in [-0.39, 0.29) is 23.7 Å². The maximum Gasteiger partial charge on any atom is 0.243 e. The number of nitrogens with zero attached hydrogens (tertiary/aromatic N) is 2. The molecule has 1 aromatic rings. The zero-order valence-electron chi connectivity index (χ0n) is 16.5. The molecule has 0 aromatic heterocycles. The predicted molar refractivity (Wildman–Crippen MR) is 106 cm³/mol. The molecule has 1 saturated heterocycles. The molecule has 11 heteroatoms. The Morgan fingerprint density at radius 3 is 2.11 bits per heavy atom. The Hall–Kier alpha value is -1.69. The second kappa shape index (κ2) is 8.36. The predicted octanol–water partition coefficient (Wildman–Crippen LogP) is 0.388. The van der Waals surface area contributed by atoms with Crippen LogP contribution in [0.15, 0.2) is 29.2 Å². The van der Waals surface area contributed by atoms with Gasteiger partial charge in [0.2, 0.25) is 26.0 Å². The first-order valence-electron chi connectivity index (χ1n) is 8.77. The Morgan fingerprint density at radius 1 is 1.11 bits per heavy atom. The topological polar surface area (TPSA) is 113 Å². The number of benzene rings is 1. The van der Waals surface area contributed by atoms with Gasteiger partial charge in [-0.25, -0.2) is 16.8 Å². The number of ether oxygens (including phenoxy) is 1. The third kappa shape index (κ3) is 5.90. The number of anilines is 1. The number of carbonyl (C=O) groups excluding carboxylic acids is 1. The number of hydrogen-bond donors (Lipinski definition) is 1. The van der Waals surface area contributed by atoms with Gasteiger partial charge in [0.1, 0.15) is 6.54 Å². The summed E-state index contributed by atoms with van der Waals surface area (Å²) in [5.41, 5.74) is -0.288. The zero-order valence-corrected chi connectivity index (χ0v) is 18.1. The average Bonchev–Trinajstić information content (AvgIpc) is 2.58. The number of nitrogens with one attached hydrogen (secondary N) is 1. The summed E-state index contributed by atoms with van der Waals surface area (Å²) in [7, 11) is -7.42. The van der Waals surface area contributed by atoms with Crippen LogP contribution in [0.1, 0.15) is 20.8 Å². The Morgan fingerprint density at radius 2 is 1.64 bits per heavy atom. The van der Waals surface area contributed by atoms with Gasteiger partial charge in [-0.3, -0.25) is 9.10 Å². The highest BCUT2D eigenvalue weighted by atomic mass is 32.2. The molecule has 0 radical (unpaired) electrons. The van der Waals surface area contributed by atoms with Crippen LogP contribution < -0.4 is 9.62 Å². The summed E-state index contributed by atoms with van der Waals surface area (Å²) in [6.07, 6.45) is 0.996. The van der Waals surface area contributed by atoms with E-state index in [1.54, 1.807) is 20.8 Å². The molecule has 0 bridgehead atoms. The normalized spacial score (nSPS) is 16.6. The van der Waals surface area contributed by atoms with Crippen LogP contribution in [-0.2, 0) is 29.6 Å². The van der Waals surface area contributed by atoms with Crippen molar-refractivity contribution in [1.29, 1.82) is 0 Å². The lowest BCUT2D eigenvalue weighted by atomic mass is 10.1. The van der Waals surface area contributed by atoms with Crippen LogP contribution in [0, 0.1) is 0 Å². The van der Waals surface area contributed by atoms with E-state index < -0.39 is 38.0 Å². The van der Waals surface area contributed by atoms with E-state index in [0.29, 0.717) is 13.2 Å². The van der Waals surface area contributed by atoms with Gasteiger partial charge in [-0.15, -0.1) is 0 Å². The maximum atomic E-state index is 12.7. The summed E-state index contributed by atoms with van der Waals surface area (Å²) in [4.78, 5) is 12.3. The Bertz CT molecular complexity index is 899. The van der Waals surface area contributed by atoms with E-state index in [0.717, 1.165) is 10.6 Å². The molecule has 1 heterocycles. The second-order valence-electron chi connectivity index (χ2n) is 7.58. The standard InChI is InChI=1S/C17H27N3O6S2/c1-17(2,3)18-16(21)13-20(27(4,22)23)14-5-7-15(8-6-14)28(24,25)19-9-11-26-12-10-19/h5-8H,9-13H2,1-4H3,(H,18,21). The van der Waals surface area contributed by atoms with Crippen molar-refractivity contribution < 1.29 is 26.4 Å². The minimum absolute atomic E-state index is 0.0609. The fourth-order valence-electron chi connectivity index (χ4n) is 2.71. The summed E-state index contributed by atoms with van der Waals surface area (Å²) in [6, 6.07) is 5.47. The zero-order chi connectivity index (χ0) is 21.2. The van der Waals surface area contributed by atoms with E-state index in [2.05, 4.69) is 5.32 Å². The molecule has 1 fully saturated rings. The highest BCUT2D eigenvalue weighted by molar-refractivity contribution is 7.92. The van der Waals surface area contributed by atoms with Crippen LogP contribution >= 0.6 is 0 Å². The number of rotatable bonds is 6. The number of amides is 1. The fraction of sp³-hybridized carbons (Fsp3) is 0.588. The average molecular weight is 434 g/mol. The molecule has 1 aliphatic rings. The first-order chi connectivity index (χ1) is 12.8. The first kappa shape index (κ1) is 22.6. The molecular weight excluding hydrogens is 406 g/mol. The summed E-state index contributed by atoms with van der Waals surface area (Å²) in [5.74, 6) is -0.456. The van der Waals surface area contributed by atoms with E-state index in [4.69, 9.17) is 4.74 Å². The van der Waals surface area contributed by atoms with Gasteiger partial charge in [-0.2, -0.15) is 4.31 Å². The molecule has 9 nitrogen and oxygen atoms in total. The molecule has 1 aliphatic heterocycles. The van der Waals surface area contributed by atoms with Crippen LogP contribution in [-0.4, -0.2) is 71.7 Å². The Labute approximate surface area is 166 Å². The quantitative estimate of drug-likeness (QED) is 0.694. The highest BCUT2D eigenvalue weighted by Gasteiger charge is 2.27. The number of morpholine rings is 1. The lowest BCUT2D eigenvalue weighted by molar-refractivity contribution is -0.121. The van der Waals surface area contributed by atoms with Crippen LogP contribution in [0.3, 0.4) is 0 Å². The molecule has 0 spiro atoms. The minimum Gasteiger partial charge on any atom is -0.379 e. The molecule has 0 aliphatic carbocycles. The van der Waals surface area contributed by atoms with Crippen molar-refractivity contribution in [3.05, 3.63) is 24.3 Å².